The number of nitrogens with one attached hydrogen (secondary N) is 2. The number of hydrogen-bond donors (Lipinski definition) is 2. The largest absolute Gasteiger partial charge is 0.497 e. The van der Waals surface area contributed by atoms with Crippen LogP contribution in [0.2, 0.25) is 0 Å². The Bertz CT molecular complexity index is 904. The molecule has 7 heteroatoms. The molecule has 7 nitrogen and oxygen atoms in total. The summed E-state index contributed by atoms with van der Waals surface area (Å²) >= 11 is 0. The van der Waals surface area contributed by atoms with E-state index in [0.717, 1.165) is 17.7 Å². The van der Waals surface area contributed by atoms with Crippen LogP contribution in [0.3, 0.4) is 0 Å². The van der Waals surface area contributed by atoms with E-state index in [0.29, 0.717) is 29.2 Å². The van der Waals surface area contributed by atoms with Crippen LogP contribution in [0.15, 0.2) is 54.1 Å². The van der Waals surface area contributed by atoms with Gasteiger partial charge in [0, 0.05) is 0 Å². The number of amides is 2. The maximum absolute atomic E-state index is 12.7. The summed E-state index contributed by atoms with van der Waals surface area (Å²) in [4.78, 5) is 25.0. The van der Waals surface area contributed by atoms with Gasteiger partial charge in [0.2, 0.25) is 0 Å². The number of benzene rings is 2. The normalized spacial score (nSPS) is 16.0. The number of hydrogen-bond acceptors (Lipinski definition) is 5. The lowest BCUT2D eigenvalue weighted by molar-refractivity contribution is -0.136. The summed E-state index contributed by atoms with van der Waals surface area (Å²) in [5, 5.41) is 5.55. The monoisotopic (exact) mass is 396 g/mol. The minimum atomic E-state index is -0.659. The van der Waals surface area contributed by atoms with E-state index in [1.165, 1.54) is 7.11 Å². The molecule has 29 heavy (non-hydrogen) atoms. The second-order valence-corrected chi connectivity index (χ2v) is 6.46. The van der Waals surface area contributed by atoms with Crippen molar-refractivity contribution in [3.05, 3.63) is 65.2 Å². The molecule has 1 aliphatic rings. The summed E-state index contributed by atoms with van der Waals surface area (Å²) in [5.41, 5.74) is 2.14. The van der Waals surface area contributed by atoms with Gasteiger partial charge in [-0.3, -0.25) is 0 Å². The van der Waals surface area contributed by atoms with Crippen LogP contribution >= 0.6 is 0 Å². The second-order valence-electron chi connectivity index (χ2n) is 6.46. The average molecular weight is 396 g/mol. The molecule has 1 unspecified atom stereocenters. The SMILES string of the molecule is CCCOc1ccc(C2NC(=O)NC(c3ccc(OC)cc3)=C2C(=O)OC)cc1. The second kappa shape index (κ2) is 9.14. The van der Waals surface area contributed by atoms with Crippen LogP contribution in [0.5, 0.6) is 11.5 Å². The molecule has 1 aliphatic heterocycles. The fourth-order valence-corrected chi connectivity index (χ4v) is 3.11. The zero-order valence-corrected chi connectivity index (χ0v) is 16.7. The van der Waals surface area contributed by atoms with Crippen molar-refractivity contribution < 1.29 is 23.8 Å². The van der Waals surface area contributed by atoms with Crippen molar-refractivity contribution in [1.29, 1.82) is 0 Å². The lowest BCUT2D eigenvalue weighted by Crippen LogP contribution is -2.45. The number of ether oxygens (including phenoxy) is 3. The summed E-state index contributed by atoms with van der Waals surface area (Å²) < 4.78 is 15.8. The molecule has 2 aromatic carbocycles. The molecule has 0 saturated carbocycles. The van der Waals surface area contributed by atoms with Crippen molar-refractivity contribution in [1.82, 2.24) is 10.6 Å². The van der Waals surface area contributed by atoms with Crippen molar-refractivity contribution in [2.24, 2.45) is 0 Å². The van der Waals surface area contributed by atoms with E-state index in [-0.39, 0.29) is 0 Å². The number of carbonyl (C=O) groups excluding carboxylic acids is 2. The topological polar surface area (TPSA) is 85.9 Å². The Morgan fingerprint density at radius 1 is 1.00 bits per heavy atom. The molecule has 2 N–H and O–H groups in total. The summed E-state index contributed by atoms with van der Waals surface area (Å²) in [6.07, 6.45) is 0.909. The lowest BCUT2D eigenvalue weighted by Gasteiger charge is -2.29. The summed E-state index contributed by atoms with van der Waals surface area (Å²) in [6, 6.07) is 13.3. The quantitative estimate of drug-likeness (QED) is 0.701. The van der Waals surface area contributed by atoms with Gasteiger partial charge in [-0.2, -0.15) is 0 Å². The third-order valence-corrected chi connectivity index (χ3v) is 4.54. The lowest BCUT2D eigenvalue weighted by atomic mass is 9.92. The summed E-state index contributed by atoms with van der Waals surface area (Å²) in [5.74, 6) is 0.878. The summed E-state index contributed by atoms with van der Waals surface area (Å²) in [7, 11) is 2.89. The first-order chi connectivity index (χ1) is 14.1. The fourth-order valence-electron chi connectivity index (χ4n) is 3.11. The molecule has 0 spiro atoms. The maximum atomic E-state index is 12.7. The highest BCUT2D eigenvalue weighted by molar-refractivity contribution is 6.04. The third-order valence-electron chi connectivity index (χ3n) is 4.54. The zero-order chi connectivity index (χ0) is 20.8. The highest BCUT2D eigenvalue weighted by Gasteiger charge is 2.34. The van der Waals surface area contributed by atoms with Gasteiger partial charge in [-0.1, -0.05) is 19.1 Å². The van der Waals surface area contributed by atoms with Crippen molar-refractivity contribution in [2.75, 3.05) is 20.8 Å². The fraction of sp³-hybridized carbons (Fsp3) is 0.273. The molecule has 2 amide bonds. The van der Waals surface area contributed by atoms with Crippen LogP contribution in [0, 0.1) is 0 Å². The highest BCUT2D eigenvalue weighted by atomic mass is 16.5. The Hall–Kier alpha value is -3.48. The first-order valence-corrected chi connectivity index (χ1v) is 9.34. The Morgan fingerprint density at radius 2 is 1.66 bits per heavy atom. The molecular weight excluding hydrogens is 372 g/mol. The van der Waals surface area contributed by atoms with Gasteiger partial charge in [0.1, 0.15) is 11.5 Å². The third kappa shape index (κ3) is 4.51. The van der Waals surface area contributed by atoms with E-state index in [9.17, 15) is 9.59 Å². The number of urea groups is 1. The van der Waals surface area contributed by atoms with Gasteiger partial charge in [0.15, 0.2) is 0 Å². The van der Waals surface area contributed by atoms with E-state index >= 15 is 0 Å². The molecule has 2 aromatic rings. The van der Waals surface area contributed by atoms with Crippen molar-refractivity contribution >= 4 is 17.7 Å². The minimum absolute atomic E-state index is 0.319. The van der Waals surface area contributed by atoms with Gasteiger partial charge in [0.25, 0.3) is 0 Å². The number of methoxy groups -OCH3 is 2. The molecule has 0 fully saturated rings. The van der Waals surface area contributed by atoms with Crippen molar-refractivity contribution in [3.63, 3.8) is 0 Å². The molecule has 0 saturated heterocycles. The van der Waals surface area contributed by atoms with Crippen LogP contribution in [-0.2, 0) is 9.53 Å². The predicted molar refractivity (Wildman–Crippen MR) is 109 cm³/mol. The van der Waals surface area contributed by atoms with Crippen LogP contribution in [-0.4, -0.2) is 32.8 Å². The first-order valence-electron chi connectivity index (χ1n) is 9.34. The smallest absolute Gasteiger partial charge is 0.338 e. The first kappa shape index (κ1) is 20.3. The molecule has 1 heterocycles. The van der Waals surface area contributed by atoms with Crippen LogP contribution < -0.4 is 20.1 Å². The van der Waals surface area contributed by atoms with Crippen molar-refractivity contribution in [2.45, 2.75) is 19.4 Å². The Balaban J connectivity index is 2.04. The molecule has 0 aliphatic carbocycles. The van der Waals surface area contributed by atoms with E-state index in [1.54, 1.807) is 31.4 Å². The summed E-state index contributed by atoms with van der Waals surface area (Å²) in [6.45, 7) is 2.66. The molecular formula is C22H24N2O5. The number of rotatable bonds is 7. The number of esters is 1. The van der Waals surface area contributed by atoms with E-state index in [1.807, 2.05) is 31.2 Å². The van der Waals surface area contributed by atoms with Gasteiger partial charge in [-0.15, -0.1) is 0 Å². The van der Waals surface area contributed by atoms with E-state index < -0.39 is 18.0 Å². The van der Waals surface area contributed by atoms with Crippen LogP contribution in [0.25, 0.3) is 5.70 Å². The molecule has 0 aromatic heterocycles. The van der Waals surface area contributed by atoms with Gasteiger partial charge in [-0.25, -0.2) is 9.59 Å². The van der Waals surface area contributed by atoms with Crippen molar-refractivity contribution in [3.8, 4) is 11.5 Å². The van der Waals surface area contributed by atoms with Gasteiger partial charge in [-0.05, 0) is 53.9 Å². The number of carbonyl (C=O) groups is 2. The molecule has 1 atom stereocenters. The zero-order valence-electron chi connectivity index (χ0n) is 16.7. The minimum Gasteiger partial charge on any atom is -0.497 e. The van der Waals surface area contributed by atoms with Crippen LogP contribution in [0.4, 0.5) is 4.79 Å². The van der Waals surface area contributed by atoms with E-state index in [4.69, 9.17) is 14.2 Å². The Morgan fingerprint density at radius 3 is 2.24 bits per heavy atom. The standard InChI is InChI=1S/C22H24N2O5/c1-4-13-29-17-11-7-15(8-12-17)20-18(21(25)28-3)19(23-22(26)24-20)14-5-9-16(27-2)10-6-14/h5-12,20H,4,13H2,1-3H3,(H2,23,24,26). The molecule has 0 bridgehead atoms. The Labute approximate surface area is 169 Å². The Kier molecular flexibility index (Phi) is 6.39. The van der Waals surface area contributed by atoms with Crippen LogP contribution in [0.1, 0.15) is 30.5 Å². The van der Waals surface area contributed by atoms with Gasteiger partial charge >= 0.3 is 12.0 Å². The highest BCUT2D eigenvalue weighted by Crippen LogP contribution is 2.33. The molecule has 152 valence electrons. The maximum Gasteiger partial charge on any atom is 0.338 e. The molecule has 3 rings (SSSR count). The van der Waals surface area contributed by atoms with E-state index in [2.05, 4.69) is 10.6 Å². The predicted octanol–water partition coefficient (Wildman–Crippen LogP) is 3.42. The van der Waals surface area contributed by atoms with Gasteiger partial charge < -0.3 is 24.8 Å². The van der Waals surface area contributed by atoms with Gasteiger partial charge in [0.05, 0.1) is 38.1 Å². The molecule has 0 radical (unpaired) electrons. The average Bonchev–Trinajstić information content (AvgIpc) is 2.77.